The van der Waals surface area contributed by atoms with E-state index in [9.17, 15) is 0 Å². The van der Waals surface area contributed by atoms with E-state index in [1.807, 2.05) is 7.05 Å². The fourth-order valence-electron chi connectivity index (χ4n) is 2.17. The highest BCUT2D eigenvalue weighted by molar-refractivity contribution is 5.29. The average Bonchev–Trinajstić information content (AvgIpc) is 2.14. The lowest BCUT2D eigenvalue weighted by molar-refractivity contribution is 0.346. The molecule has 0 saturated carbocycles. The van der Waals surface area contributed by atoms with Crippen LogP contribution in [0.2, 0.25) is 0 Å². The molecule has 0 radical (unpaired) electrons. The van der Waals surface area contributed by atoms with Crippen LogP contribution in [0, 0.1) is 13.8 Å². The summed E-state index contributed by atoms with van der Waals surface area (Å²) in [5, 5.41) is 3.38. The van der Waals surface area contributed by atoms with Gasteiger partial charge in [-0.15, -0.1) is 0 Å². The summed E-state index contributed by atoms with van der Waals surface area (Å²) in [5.74, 6) is 0. The molecular weight excluding hydrogens is 196 g/mol. The Bertz CT molecular complexity index is 311. The van der Waals surface area contributed by atoms with Crippen LogP contribution < -0.4 is 5.32 Å². The topological polar surface area (TPSA) is 15.3 Å². The average molecular weight is 220 g/mol. The molecule has 0 aromatic heterocycles. The van der Waals surface area contributed by atoms with Crippen LogP contribution in [0.25, 0.3) is 0 Å². The molecular formula is C14H24N2. The van der Waals surface area contributed by atoms with Crippen molar-refractivity contribution in [3.63, 3.8) is 0 Å². The zero-order chi connectivity index (χ0) is 12.1. The number of nitrogens with one attached hydrogen (secondary N) is 1. The van der Waals surface area contributed by atoms with E-state index in [0.29, 0.717) is 6.04 Å². The lowest BCUT2D eigenvalue weighted by Crippen LogP contribution is -2.37. The molecule has 0 saturated heterocycles. The maximum atomic E-state index is 3.38. The molecule has 1 rings (SSSR count). The molecule has 0 aliphatic rings. The second kappa shape index (κ2) is 6.02. The summed E-state index contributed by atoms with van der Waals surface area (Å²) in [6, 6.07) is 7.32. The normalized spacial score (nSPS) is 13.1. The number of nitrogens with zero attached hydrogens (tertiary/aromatic N) is 1. The first-order valence-corrected chi connectivity index (χ1v) is 5.90. The van der Waals surface area contributed by atoms with Gasteiger partial charge in [-0.1, -0.05) is 29.3 Å². The number of likely N-dealkylation sites (N-methyl/N-ethyl adjacent to an activating group) is 2. The lowest BCUT2D eigenvalue weighted by atomic mass is 10.0. The van der Waals surface area contributed by atoms with Gasteiger partial charge in [0.1, 0.15) is 0 Å². The Morgan fingerprint density at radius 2 is 1.69 bits per heavy atom. The summed E-state index contributed by atoms with van der Waals surface area (Å²) in [7, 11) is 6.27. The van der Waals surface area contributed by atoms with Crippen LogP contribution in [0.3, 0.4) is 0 Å². The van der Waals surface area contributed by atoms with Gasteiger partial charge in [-0.05, 0) is 47.0 Å². The van der Waals surface area contributed by atoms with Gasteiger partial charge in [-0.3, -0.25) is 0 Å². The Morgan fingerprint density at radius 3 is 2.12 bits per heavy atom. The minimum absolute atomic E-state index is 0.524. The van der Waals surface area contributed by atoms with Crippen LogP contribution in [-0.4, -0.2) is 38.6 Å². The number of rotatable bonds is 5. The zero-order valence-electron chi connectivity index (χ0n) is 11.2. The molecule has 90 valence electrons. The number of aryl methyl sites for hydroxylation is 2. The van der Waals surface area contributed by atoms with E-state index < -0.39 is 0 Å². The third-order valence-electron chi connectivity index (χ3n) is 2.76. The number of hydrogen-bond acceptors (Lipinski definition) is 2. The highest BCUT2D eigenvalue weighted by atomic mass is 15.1. The largest absolute Gasteiger partial charge is 0.315 e. The van der Waals surface area contributed by atoms with E-state index >= 15 is 0 Å². The van der Waals surface area contributed by atoms with Gasteiger partial charge in [0.2, 0.25) is 0 Å². The third kappa shape index (κ3) is 4.33. The van der Waals surface area contributed by atoms with Crippen molar-refractivity contribution < 1.29 is 0 Å². The second-order valence-electron chi connectivity index (χ2n) is 4.95. The molecule has 0 aliphatic heterocycles. The van der Waals surface area contributed by atoms with Crippen LogP contribution in [0.1, 0.15) is 16.7 Å². The Labute approximate surface area is 99.7 Å². The quantitative estimate of drug-likeness (QED) is 0.816. The molecule has 0 aliphatic carbocycles. The summed E-state index contributed by atoms with van der Waals surface area (Å²) < 4.78 is 0. The molecule has 1 N–H and O–H groups in total. The van der Waals surface area contributed by atoms with E-state index in [-0.39, 0.29) is 0 Å². The molecule has 0 fully saturated rings. The molecule has 0 spiro atoms. The highest BCUT2D eigenvalue weighted by Gasteiger charge is 2.08. The Morgan fingerprint density at radius 1 is 1.12 bits per heavy atom. The van der Waals surface area contributed by atoms with Crippen molar-refractivity contribution in [1.29, 1.82) is 0 Å². The van der Waals surface area contributed by atoms with E-state index in [0.717, 1.165) is 13.0 Å². The minimum atomic E-state index is 0.524. The lowest BCUT2D eigenvalue weighted by Gasteiger charge is -2.21. The first-order chi connectivity index (χ1) is 7.51. The predicted molar refractivity (Wildman–Crippen MR) is 71.0 cm³/mol. The van der Waals surface area contributed by atoms with Crippen molar-refractivity contribution >= 4 is 0 Å². The van der Waals surface area contributed by atoms with Crippen molar-refractivity contribution in [2.24, 2.45) is 0 Å². The van der Waals surface area contributed by atoms with E-state index in [1.165, 1.54) is 16.7 Å². The van der Waals surface area contributed by atoms with Gasteiger partial charge in [0.25, 0.3) is 0 Å². The minimum Gasteiger partial charge on any atom is -0.315 e. The van der Waals surface area contributed by atoms with Crippen LogP contribution in [0.5, 0.6) is 0 Å². The summed E-state index contributed by atoms with van der Waals surface area (Å²) in [6.45, 7) is 5.40. The van der Waals surface area contributed by atoms with Gasteiger partial charge >= 0.3 is 0 Å². The highest BCUT2D eigenvalue weighted by Crippen LogP contribution is 2.11. The van der Waals surface area contributed by atoms with Crippen molar-refractivity contribution in [1.82, 2.24) is 10.2 Å². The molecule has 2 heteroatoms. The molecule has 16 heavy (non-hydrogen) atoms. The monoisotopic (exact) mass is 220 g/mol. The molecule has 1 unspecified atom stereocenters. The number of benzene rings is 1. The van der Waals surface area contributed by atoms with Crippen molar-refractivity contribution in [2.75, 3.05) is 27.7 Å². The fraction of sp³-hybridized carbons (Fsp3) is 0.571. The van der Waals surface area contributed by atoms with Crippen LogP contribution in [0.15, 0.2) is 18.2 Å². The first kappa shape index (κ1) is 13.2. The summed E-state index contributed by atoms with van der Waals surface area (Å²) in [5.41, 5.74) is 4.14. The van der Waals surface area contributed by atoms with E-state index in [1.54, 1.807) is 0 Å². The molecule has 1 aromatic carbocycles. The summed E-state index contributed by atoms with van der Waals surface area (Å²) in [6.07, 6.45) is 1.09. The van der Waals surface area contributed by atoms with E-state index in [2.05, 4.69) is 56.4 Å². The maximum Gasteiger partial charge on any atom is 0.0232 e. The smallest absolute Gasteiger partial charge is 0.0232 e. The Hall–Kier alpha value is -0.860. The summed E-state index contributed by atoms with van der Waals surface area (Å²) in [4.78, 5) is 2.23. The summed E-state index contributed by atoms with van der Waals surface area (Å²) >= 11 is 0. The third-order valence-corrected chi connectivity index (χ3v) is 2.76. The van der Waals surface area contributed by atoms with Gasteiger partial charge in [0.15, 0.2) is 0 Å². The van der Waals surface area contributed by atoms with Gasteiger partial charge in [-0.2, -0.15) is 0 Å². The molecule has 2 nitrogen and oxygen atoms in total. The van der Waals surface area contributed by atoms with Crippen molar-refractivity contribution in [3.8, 4) is 0 Å². The fourth-order valence-corrected chi connectivity index (χ4v) is 2.17. The van der Waals surface area contributed by atoms with Crippen LogP contribution >= 0.6 is 0 Å². The van der Waals surface area contributed by atoms with Gasteiger partial charge in [0.05, 0.1) is 0 Å². The molecule has 1 aromatic rings. The number of hydrogen-bond donors (Lipinski definition) is 1. The Kier molecular flexibility index (Phi) is 4.97. The second-order valence-corrected chi connectivity index (χ2v) is 4.95. The SMILES string of the molecule is CNC(Cc1cc(C)cc(C)c1)CN(C)C. The van der Waals surface area contributed by atoms with Crippen molar-refractivity contribution in [2.45, 2.75) is 26.3 Å². The maximum absolute atomic E-state index is 3.38. The molecule has 0 heterocycles. The van der Waals surface area contributed by atoms with Gasteiger partial charge in [-0.25, -0.2) is 0 Å². The first-order valence-electron chi connectivity index (χ1n) is 5.90. The van der Waals surface area contributed by atoms with Gasteiger partial charge in [0, 0.05) is 12.6 Å². The van der Waals surface area contributed by atoms with Crippen LogP contribution in [0.4, 0.5) is 0 Å². The molecule has 0 bridgehead atoms. The Balaban J connectivity index is 2.69. The van der Waals surface area contributed by atoms with E-state index in [4.69, 9.17) is 0 Å². The standard InChI is InChI=1S/C14H24N2/c1-11-6-12(2)8-13(7-11)9-14(15-3)10-16(4)5/h6-8,14-15H,9-10H2,1-5H3. The molecule has 0 amide bonds. The van der Waals surface area contributed by atoms with Gasteiger partial charge < -0.3 is 10.2 Å². The van der Waals surface area contributed by atoms with Crippen molar-refractivity contribution in [3.05, 3.63) is 34.9 Å². The molecule has 1 atom stereocenters. The zero-order valence-corrected chi connectivity index (χ0v) is 11.2. The predicted octanol–water partition coefficient (Wildman–Crippen LogP) is 2.00. The van der Waals surface area contributed by atoms with Crippen LogP contribution in [-0.2, 0) is 6.42 Å².